The first-order valence-electron chi connectivity index (χ1n) is 5.43. The summed E-state index contributed by atoms with van der Waals surface area (Å²) in [6, 6.07) is 8.69. The molecule has 0 bridgehead atoms. The third-order valence-corrected chi connectivity index (χ3v) is 2.54. The molecule has 92 valence electrons. The molecule has 0 spiro atoms. The summed E-state index contributed by atoms with van der Waals surface area (Å²) >= 11 is 0. The monoisotopic (exact) mass is 243 g/mol. The van der Waals surface area contributed by atoms with Crippen LogP contribution in [-0.4, -0.2) is 22.9 Å². The molecule has 0 saturated heterocycles. The summed E-state index contributed by atoms with van der Waals surface area (Å²) in [5.41, 5.74) is 7.03. The van der Waals surface area contributed by atoms with Crippen LogP contribution < -0.4 is 10.5 Å². The zero-order valence-electron chi connectivity index (χ0n) is 9.91. The van der Waals surface area contributed by atoms with Gasteiger partial charge in [-0.1, -0.05) is 30.3 Å². The van der Waals surface area contributed by atoms with Gasteiger partial charge in [-0.05, 0) is 5.56 Å². The van der Waals surface area contributed by atoms with Crippen LogP contribution in [0.4, 0.5) is 0 Å². The number of hydrogen-bond donors (Lipinski definition) is 1. The molecule has 0 fully saturated rings. The number of rotatable bonds is 4. The van der Waals surface area contributed by atoms with E-state index in [1.165, 1.54) is 19.5 Å². The molecule has 0 saturated carbocycles. The van der Waals surface area contributed by atoms with Gasteiger partial charge in [-0.3, -0.25) is 4.79 Å². The lowest BCUT2D eigenvalue weighted by Gasteiger charge is -2.10. The molecule has 1 heterocycles. The molecule has 0 aliphatic heterocycles. The Balaban J connectivity index is 2.20. The molecule has 0 aliphatic carbocycles. The highest BCUT2D eigenvalue weighted by molar-refractivity contribution is 6.00. The maximum atomic E-state index is 12.1. The van der Waals surface area contributed by atoms with Gasteiger partial charge in [0, 0.05) is 12.4 Å². The first-order valence-corrected chi connectivity index (χ1v) is 5.43. The normalized spacial score (nSPS) is 11.9. The van der Waals surface area contributed by atoms with Crippen LogP contribution >= 0.6 is 0 Å². The van der Waals surface area contributed by atoms with E-state index in [-0.39, 0.29) is 11.8 Å². The van der Waals surface area contributed by atoms with Crippen molar-refractivity contribution in [2.45, 2.75) is 6.04 Å². The van der Waals surface area contributed by atoms with Gasteiger partial charge in [-0.15, -0.1) is 0 Å². The van der Waals surface area contributed by atoms with Crippen molar-refractivity contribution in [2.24, 2.45) is 5.73 Å². The third kappa shape index (κ3) is 2.52. The lowest BCUT2D eigenvalue weighted by atomic mass is 10.0. The number of aromatic nitrogens is 2. The number of nitrogens with two attached hydrogens (primary N) is 1. The topological polar surface area (TPSA) is 78.1 Å². The highest BCUT2D eigenvalue weighted by atomic mass is 16.5. The summed E-state index contributed by atoms with van der Waals surface area (Å²) in [7, 11) is 1.46. The van der Waals surface area contributed by atoms with Gasteiger partial charge in [0.25, 0.3) is 0 Å². The van der Waals surface area contributed by atoms with Crippen LogP contribution in [0.25, 0.3) is 0 Å². The van der Waals surface area contributed by atoms with Gasteiger partial charge in [0.2, 0.25) is 0 Å². The molecule has 0 aliphatic rings. The van der Waals surface area contributed by atoms with Gasteiger partial charge in [0.05, 0.1) is 18.7 Å². The molecule has 2 rings (SSSR count). The summed E-state index contributed by atoms with van der Waals surface area (Å²) in [5.74, 6) is -0.219. The van der Waals surface area contributed by atoms with E-state index < -0.39 is 6.04 Å². The summed E-state index contributed by atoms with van der Waals surface area (Å²) in [5, 5.41) is 0. The van der Waals surface area contributed by atoms with Gasteiger partial charge in [0.1, 0.15) is 0 Å². The molecule has 1 aromatic carbocycles. The summed E-state index contributed by atoms with van der Waals surface area (Å²) in [6.45, 7) is 0. The van der Waals surface area contributed by atoms with Gasteiger partial charge in [-0.2, -0.15) is 0 Å². The summed E-state index contributed by atoms with van der Waals surface area (Å²) in [4.78, 5) is 19.9. The number of nitrogens with zero attached hydrogens (tertiary/aromatic N) is 2. The molecule has 0 amide bonds. The van der Waals surface area contributed by atoms with Crippen LogP contribution in [0.3, 0.4) is 0 Å². The Morgan fingerprint density at radius 1 is 1.22 bits per heavy atom. The second-order valence-corrected chi connectivity index (χ2v) is 3.71. The fraction of sp³-hybridized carbons (Fsp3) is 0.154. The van der Waals surface area contributed by atoms with E-state index in [4.69, 9.17) is 10.5 Å². The standard InChI is InChI=1S/C13H13N3O2/c1-18-13-15-7-10(8-16-13)12(17)11(14)9-5-3-2-4-6-9/h2-8,11H,14H2,1H3/t11-/m1/s1. The highest BCUT2D eigenvalue weighted by Gasteiger charge is 2.18. The zero-order chi connectivity index (χ0) is 13.0. The number of carbonyl (C=O) groups is 1. The SMILES string of the molecule is COc1ncc(C(=O)[C@H](N)c2ccccc2)cn1. The average Bonchev–Trinajstić information content (AvgIpc) is 2.47. The van der Waals surface area contributed by atoms with Crippen molar-refractivity contribution >= 4 is 5.78 Å². The van der Waals surface area contributed by atoms with Gasteiger partial charge >= 0.3 is 6.01 Å². The second kappa shape index (κ2) is 5.37. The molecule has 2 aromatic rings. The molecule has 1 atom stereocenters. The minimum absolute atomic E-state index is 0.219. The maximum Gasteiger partial charge on any atom is 0.316 e. The number of hydrogen-bond acceptors (Lipinski definition) is 5. The Bertz CT molecular complexity index is 526. The first kappa shape index (κ1) is 12.2. The van der Waals surface area contributed by atoms with Crippen molar-refractivity contribution in [1.82, 2.24) is 9.97 Å². The van der Waals surface area contributed by atoms with Crippen LogP contribution in [-0.2, 0) is 0 Å². The van der Waals surface area contributed by atoms with Crippen molar-refractivity contribution < 1.29 is 9.53 Å². The molecule has 2 N–H and O–H groups in total. The van der Waals surface area contributed by atoms with E-state index in [1.54, 1.807) is 0 Å². The molecule has 1 aromatic heterocycles. The van der Waals surface area contributed by atoms with Crippen LogP contribution in [0.2, 0.25) is 0 Å². The fourth-order valence-electron chi connectivity index (χ4n) is 1.54. The Morgan fingerprint density at radius 3 is 2.39 bits per heavy atom. The van der Waals surface area contributed by atoms with E-state index in [0.717, 1.165) is 5.56 Å². The highest BCUT2D eigenvalue weighted by Crippen LogP contribution is 2.15. The largest absolute Gasteiger partial charge is 0.467 e. The predicted octanol–water partition coefficient (Wildman–Crippen LogP) is 1.37. The number of methoxy groups -OCH3 is 1. The zero-order valence-corrected chi connectivity index (χ0v) is 9.91. The second-order valence-electron chi connectivity index (χ2n) is 3.71. The van der Waals surface area contributed by atoms with Gasteiger partial charge < -0.3 is 10.5 Å². The number of carbonyl (C=O) groups excluding carboxylic acids is 1. The van der Waals surface area contributed by atoms with Crippen LogP contribution in [0, 0.1) is 0 Å². The Kier molecular flexibility index (Phi) is 3.64. The molecule has 0 unspecified atom stereocenters. The van der Waals surface area contributed by atoms with E-state index in [2.05, 4.69) is 9.97 Å². The maximum absolute atomic E-state index is 12.1. The van der Waals surface area contributed by atoms with Gasteiger partial charge in [0.15, 0.2) is 5.78 Å². The first-order chi connectivity index (χ1) is 8.72. The van der Waals surface area contributed by atoms with E-state index in [9.17, 15) is 4.79 Å². The van der Waals surface area contributed by atoms with Crippen molar-refractivity contribution in [1.29, 1.82) is 0 Å². The quantitative estimate of drug-likeness (QED) is 0.820. The van der Waals surface area contributed by atoms with Crippen molar-refractivity contribution in [3.8, 4) is 6.01 Å². The Morgan fingerprint density at radius 2 is 1.83 bits per heavy atom. The average molecular weight is 243 g/mol. The molecular formula is C13H13N3O2. The van der Waals surface area contributed by atoms with Crippen molar-refractivity contribution in [3.63, 3.8) is 0 Å². The summed E-state index contributed by atoms with van der Waals surface area (Å²) in [6.07, 6.45) is 2.83. The van der Waals surface area contributed by atoms with E-state index >= 15 is 0 Å². The smallest absolute Gasteiger partial charge is 0.316 e. The Labute approximate surface area is 105 Å². The number of benzene rings is 1. The molecule has 0 radical (unpaired) electrons. The number of ether oxygens (including phenoxy) is 1. The van der Waals surface area contributed by atoms with Crippen LogP contribution in [0.15, 0.2) is 42.7 Å². The lowest BCUT2D eigenvalue weighted by molar-refractivity contribution is 0.0960. The minimum atomic E-state index is -0.705. The van der Waals surface area contributed by atoms with E-state index in [0.29, 0.717) is 5.56 Å². The van der Waals surface area contributed by atoms with Crippen LogP contribution in [0.1, 0.15) is 22.0 Å². The molecule has 5 nitrogen and oxygen atoms in total. The predicted molar refractivity (Wildman–Crippen MR) is 66.3 cm³/mol. The molecule has 5 heteroatoms. The Hall–Kier alpha value is -2.27. The molecular weight excluding hydrogens is 230 g/mol. The molecule has 18 heavy (non-hydrogen) atoms. The van der Waals surface area contributed by atoms with Crippen molar-refractivity contribution in [2.75, 3.05) is 7.11 Å². The summed E-state index contributed by atoms with van der Waals surface area (Å²) < 4.78 is 4.83. The third-order valence-electron chi connectivity index (χ3n) is 2.54. The minimum Gasteiger partial charge on any atom is -0.467 e. The lowest BCUT2D eigenvalue weighted by Crippen LogP contribution is -2.21. The van der Waals surface area contributed by atoms with Crippen molar-refractivity contribution in [3.05, 3.63) is 53.9 Å². The van der Waals surface area contributed by atoms with E-state index in [1.807, 2.05) is 30.3 Å². The van der Waals surface area contributed by atoms with Crippen LogP contribution in [0.5, 0.6) is 6.01 Å². The number of Topliss-reactive ketones (excluding diaryl/α,β-unsaturated/α-hetero) is 1. The van der Waals surface area contributed by atoms with Gasteiger partial charge in [-0.25, -0.2) is 9.97 Å². The number of ketones is 1. The fourth-order valence-corrected chi connectivity index (χ4v) is 1.54.